The SMILES string of the molecule is CCCCOc1ccc(CCNC(=O)C2(COC)CCNCC2)cc1.Cl. The van der Waals surface area contributed by atoms with Crippen molar-refractivity contribution in [3.05, 3.63) is 29.8 Å². The first kappa shape index (κ1) is 22.7. The monoisotopic (exact) mass is 384 g/mol. The van der Waals surface area contributed by atoms with Crippen LogP contribution in [0.15, 0.2) is 24.3 Å². The third-order valence-electron chi connectivity index (χ3n) is 4.85. The number of amides is 1. The zero-order valence-corrected chi connectivity index (χ0v) is 16.8. The van der Waals surface area contributed by atoms with E-state index < -0.39 is 0 Å². The van der Waals surface area contributed by atoms with E-state index in [9.17, 15) is 4.79 Å². The first-order valence-corrected chi connectivity index (χ1v) is 9.40. The number of hydrogen-bond donors (Lipinski definition) is 2. The van der Waals surface area contributed by atoms with Crippen molar-refractivity contribution in [2.75, 3.05) is 40.0 Å². The molecule has 1 heterocycles. The van der Waals surface area contributed by atoms with Crippen molar-refractivity contribution >= 4 is 18.3 Å². The maximum Gasteiger partial charge on any atom is 0.228 e. The number of rotatable bonds is 10. The van der Waals surface area contributed by atoms with Crippen LogP contribution in [0.2, 0.25) is 0 Å². The maximum atomic E-state index is 12.7. The van der Waals surface area contributed by atoms with Crippen molar-refractivity contribution in [1.82, 2.24) is 10.6 Å². The fraction of sp³-hybridized carbons (Fsp3) is 0.650. The Morgan fingerprint density at radius 3 is 2.54 bits per heavy atom. The molecule has 1 aliphatic heterocycles. The number of carbonyl (C=O) groups excluding carboxylic acids is 1. The molecule has 26 heavy (non-hydrogen) atoms. The van der Waals surface area contributed by atoms with Gasteiger partial charge in [-0.25, -0.2) is 0 Å². The molecule has 0 radical (unpaired) electrons. The summed E-state index contributed by atoms with van der Waals surface area (Å²) in [5.74, 6) is 1.03. The summed E-state index contributed by atoms with van der Waals surface area (Å²) in [4.78, 5) is 12.7. The molecule has 0 bridgehead atoms. The van der Waals surface area contributed by atoms with E-state index in [0.717, 1.165) is 57.6 Å². The van der Waals surface area contributed by atoms with Gasteiger partial charge in [-0.3, -0.25) is 4.79 Å². The summed E-state index contributed by atoms with van der Waals surface area (Å²) in [7, 11) is 1.67. The molecular weight excluding hydrogens is 352 g/mol. The van der Waals surface area contributed by atoms with E-state index in [0.29, 0.717) is 13.2 Å². The van der Waals surface area contributed by atoms with E-state index in [1.54, 1.807) is 7.11 Å². The molecule has 0 atom stereocenters. The summed E-state index contributed by atoms with van der Waals surface area (Å²) in [6.45, 7) is 5.80. The largest absolute Gasteiger partial charge is 0.494 e. The zero-order chi connectivity index (χ0) is 18.0. The van der Waals surface area contributed by atoms with Gasteiger partial charge < -0.3 is 20.1 Å². The Hall–Kier alpha value is -1.30. The van der Waals surface area contributed by atoms with Crippen molar-refractivity contribution in [3.8, 4) is 5.75 Å². The number of piperidine rings is 1. The van der Waals surface area contributed by atoms with Gasteiger partial charge in [0.25, 0.3) is 0 Å². The molecule has 6 heteroatoms. The second-order valence-corrected chi connectivity index (χ2v) is 6.82. The minimum atomic E-state index is -0.378. The lowest BCUT2D eigenvalue weighted by molar-refractivity contribution is -0.136. The summed E-state index contributed by atoms with van der Waals surface area (Å²) in [6.07, 6.45) is 4.69. The Morgan fingerprint density at radius 2 is 1.92 bits per heavy atom. The highest BCUT2D eigenvalue weighted by atomic mass is 35.5. The van der Waals surface area contributed by atoms with Gasteiger partial charge in [0.1, 0.15) is 5.75 Å². The van der Waals surface area contributed by atoms with Gasteiger partial charge in [0.15, 0.2) is 0 Å². The molecule has 148 valence electrons. The zero-order valence-electron chi connectivity index (χ0n) is 16.0. The van der Waals surface area contributed by atoms with Gasteiger partial charge in [0.05, 0.1) is 18.6 Å². The van der Waals surface area contributed by atoms with Gasteiger partial charge >= 0.3 is 0 Å². The molecule has 2 N–H and O–H groups in total. The highest BCUT2D eigenvalue weighted by Gasteiger charge is 2.39. The molecule has 1 aliphatic rings. The van der Waals surface area contributed by atoms with Crippen LogP contribution < -0.4 is 15.4 Å². The molecule has 0 aliphatic carbocycles. The summed E-state index contributed by atoms with van der Waals surface area (Å²) >= 11 is 0. The van der Waals surface area contributed by atoms with E-state index in [1.165, 1.54) is 5.56 Å². The molecule has 1 aromatic rings. The second-order valence-electron chi connectivity index (χ2n) is 6.82. The van der Waals surface area contributed by atoms with E-state index in [1.807, 2.05) is 12.1 Å². The molecule has 0 spiro atoms. The number of methoxy groups -OCH3 is 1. The summed E-state index contributed by atoms with van der Waals surface area (Å²) in [5, 5.41) is 6.42. The van der Waals surface area contributed by atoms with Gasteiger partial charge in [0, 0.05) is 13.7 Å². The fourth-order valence-corrected chi connectivity index (χ4v) is 3.21. The van der Waals surface area contributed by atoms with Gasteiger partial charge in [-0.2, -0.15) is 0 Å². The lowest BCUT2D eigenvalue weighted by Crippen LogP contribution is -2.50. The van der Waals surface area contributed by atoms with Gasteiger partial charge in [-0.1, -0.05) is 25.5 Å². The van der Waals surface area contributed by atoms with Gasteiger partial charge in [-0.15, -0.1) is 12.4 Å². The Morgan fingerprint density at radius 1 is 1.23 bits per heavy atom. The number of carbonyl (C=O) groups is 1. The highest BCUT2D eigenvalue weighted by molar-refractivity contribution is 5.85. The number of ether oxygens (including phenoxy) is 2. The lowest BCUT2D eigenvalue weighted by atomic mass is 9.78. The average Bonchev–Trinajstić information content (AvgIpc) is 2.64. The molecule has 0 saturated carbocycles. The van der Waals surface area contributed by atoms with Crippen molar-refractivity contribution in [2.24, 2.45) is 5.41 Å². The summed E-state index contributed by atoms with van der Waals surface area (Å²) < 4.78 is 11.0. The van der Waals surface area contributed by atoms with Crippen LogP contribution in [-0.4, -0.2) is 45.9 Å². The number of nitrogens with one attached hydrogen (secondary N) is 2. The van der Waals surface area contributed by atoms with Crippen molar-refractivity contribution in [1.29, 1.82) is 0 Å². The molecule has 1 amide bonds. The predicted octanol–water partition coefficient (Wildman–Crippen LogP) is 2.96. The predicted molar refractivity (Wildman–Crippen MR) is 107 cm³/mol. The minimum Gasteiger partial charge on any atom is -0.494 e. The summed E-state index contributed by atoms with van der Waals surface area (Å²) in [5.41, 5.74) is 0.825. The van der Waals surface area contributed by atoms with Crippen molar-refractivity contribution in [3.63, 3.8) is 0 Å². The molecule has 1 saturated heterocycles. The molecule has 0 aromatic heterocycles. The molecule has 2 rings (SSSR count). The average molecular weight is 385 g/mol. The smallest absolute Gasteiger partial charge is 0.228 e. The summed E-state index contributed by atoms with van der Waals surface area (Å²) in [6, 6.07) is 8.16. The highest BCUT2D eigenvalue weighted by Crippen LogP contribution is 2.29. The standard InChI is InChI=1S/C20H32N2O3.ClH/c1-3-4-15-25-18-7-5-17(6-8-18)9-12-22-19(23)20(16-24-2)10-13-21-14-11-20;/h5-8,21H,3-4,9-16H2,1-2H3,(H,22,23);1H. The van der Waals surface area contributed by atoms with Crippen molar-refractivity contribution < 1.29 is 14.3 Å². The Balaban J connectivity index is 0.00000338. The third kappa shape index (κ3) is 6.78. The molecule has 1 fully saturated rings. The van der Waals surface area contributed by atoms with Crippen LogP contribution in [0.5, 0.6) is 5.75 Å². The molecule has 1 aromatic carbocycles. The molecule has 5 nitrogen and oxygen atoms in total. The normalized spacial score (nSPS) is 15.8. The van der Waals surface area contributed by atoms with Crippen LogP contribution in [0.25, 0.3) is 0 Å². The van der Waals surface area contributed by atoms with Crippen LogP contribution in [0.1, 0.15) is 38.2 Å². The van der Waals surface area contributed by atoms with E-state index >= 15 is 0 Å². The number of unbranched alkanes of at least 4 members (excludes halogenated alkanes) is 1. The quantitative estimate of drug-likeness (QED) is 0.609. The van der Waals surface area contributed by atoms with Crippen LogP contribution in [0.4, 0.5) is 0 Å². The molecule has 0 unspecified atom stereocenters. The van der Waals surface area contributed by atoms with Gasteiger partial charge in [-0.05, 0) is 56.5 Å². The third-order valence-corrected chi connectivity index (χ3v) is 4.85. The Labute approximate surface area is 163 Å². The number of benzene rings is 1. The number of hydrogen-bond acceptors (Lipinski definition) is 4. The first-order chi connectivity index (χ1) is 12.2. The van der Waals surface area contributed by atoms with Crippen LogP contribution in [0.3, 0.4) is 0 Å². The second kappa shape index (κ2) is 12.2. The van der Waals surface area contributed by atoms with Crippen LogP contribution >= 0.6 is 12.4 Å². The van der Waals surface area contributed by atoms with Crippen LogP contribution in [0, 0.1) is 5.41 Å². The van der Waals surface area contributed by atoms with E-state index in [-0.39, 0.29) is 23.7 Å². The first-order valence-electron chi connectivity index (χ1n) is 9.40. The Bertz CT molecular complexity index is 511. The molecular formula is C20H33ClN2O3. The lowest BCUT2D eigenvalue weighted by Gasteiger charge is -2.35. The van der Waals surface area contributed by atoms with Crippen molar-refractivity contribution in [2.45, 2.75) is 39.0 Å². The minimum absolute atomic E-state index is 0. The Kier molecular flexibility index (Phi) is 10.6. The van der Waals surface area contributed by atoms with Crippen LogP contribution in [-0.2, 0) is 16.0 Å². The van der Waals surface area contributed by atoms with Gasteiger partial charge in [0.2, 0.25) is 5.91 Å². The topological polar surface area (TPSA) is 59.6 Å². The fourth-order valence-electron chi connectivity index (χ4n) is 3.21. The van der Waals surface area contributed by atoms with E-state index in [2.05, 4.69) is 29.7 Å². The maximum absolute atomic E-state index is 12.7. The number of halogens is 1. The van der Waals surface area contributed by atoms with E-state index in [4.69, 9.17) is 9.47 Å².